The van der Waals surface area contributed by atoms with E-state index in [4.69, 9.17) is 0 Å². The van der Waals surface area contributed by atoms with Crippen LogP contribution in [0.1, 0.15) is 31.1 Å². The number of hydrogen-bond donors (Lipinski definition) is 1. The molecule has 1 aromatic rings. The zero-order valence-electron chi connectivity index (χ0n) is 11.7. The van der Waals surface area contributed by atoms with Crippen LogP contribution in [0.15, 0.2) is 18.5 Å². The molecule has 5 heteroatoms. The first-order chi connectivity index (χ1) is 9.15. The molecule has 0 aromatic carbocycles. The Balaban J connectivity index is 2.23. The van der Waals surface area contributed by atoms with E-state index >= 15 is 0 Å². The minimum atomic E-state index is 0.0868. The second-order valence-electron chi connectivity index (χ2n) is 4.77. The number of nitrogens with one attached hydrogen (secondary N) is 1. The maximum absolute atomic E-state index is 12.7. The molecule has 19 heavy (non-hydrogen) atoms. The fraction of sp³-hybridized carbons (Fsp3) is 0.571. The SMILES string of the molecule is CCNc1ccncc1C(=O)N1CCSC(C)C1C. The third-order valence-electron chi connectivity index (χ3n) is 3.56. The maximum Gasteiger partial charge on any atom is 0.257 e. The van der Waals surface area contributed by atoms with Crippen molar-refractivity contribution in [2.45, 2.75) is 32.1 Å². The fourth-order valence-electron chi connectivity index (χ4n) is 2.28. The molecule has 0 aliphatic carbocycles. The van der Waals surface area contributed by atoms with Gasteiger partial charge in [0, 0.05) is 42.5 Å². The molecule has 1 aliphatic rings. The summed E-state index contributed by atoms with van der Waals surface area (Å²) in [6.45, 7) is 7.94. The number of nitrogens with zero attached hydrogens (tertiary/aromatic N) is 2. The molecule has 2 heterocycles. The van der Waals surface area contributed by atoms with Crippen LogP contribution in [0.3, 0.4) is 0 Å². The number of carbonyl (C=O) groups is 1. The van der Waals surface area contributed by atoms with Crippen molar-refractivity contribution in [1.82, 2.24) is 9.88 Å². The van der Waals surface area contributed by atoms with Crippen molar-refractivity contribution in [3.05, 3.63) is 24.0 Å². The average Bonchev–Trinajstić information content (AvgIpc) is 2.42. The van der Waals surface area contributed by atoms with Gasteiger partial charge in [0.05, 0.1) is 11.3 Å². The van der Waals surface area contributed by atoms with Gasteiger partial charge >= 0.3 is 0 Å². The van der Waals surface area contributed by atoms with E-state index in [-0.39, 0.29) is 11.9 Å². The highest BCUT2D eigenvalue weighted by molar-refractivity contribution is 8.00. The van der Waals surface area contributed by atoms with Gasteiger partial charge in [-0.05, 0) is 19.9 Å². The van der Waals surface area contributed by atoms with E-state index in [2.05, 4.69) is 24.1 Å². The quantitative estimate of drug-likeness (QED) is 0.923. The molecule has 1 aliphatic heterocycles. The summed E-state index contributed by atoms with van der Waals surface area (Å²) in [5, 5.41) is 3.71. The Kier molecular flexibility index (Phi) is 4.69. The number of anilines is 1. The molecule has 0 radical (unpaired) electrons. The van der Waals surface area contributed by atoms with Crippen LogP contribution in [-0.4, -0.2) is 45.9 Å². The van der Waals surface area contributed by atoms with Gasteiger partial charge in [-0.25, -0.2) is 0 Å². The number of aromatic nitrogens is 1. The molecule has 4 nitrogen and oxygen atoms in total. The summed E-state index contributed by atoms with van der Waals surface area (Å²) in [6, 6.07) is 2.13. The predicted molar refractivity (Wildman–Crippen MR) is 80.8 cm³/mol. The molecular formula is C14H21N3OS. The van der Waals surface area contributed by atoms with Crippen LogP contribution >= 0.6 is 11.8 Å². The first-order valence-corrected chi connectivity index (χ1v) is 7.80. The minimum absolute atomic E-state index is 0.0868. The number of rotatable bonds is 3. The molecule has 0 spiro atoms. The van der Waals surface area contributed by atoms with Crippen LogP contribution in [0.5, 0.6) is 0 Å². The molecule has 1 amide bonds. The summed E-state index contributed by atoms with van der Waals surface area (Å²) in [5.74, 6) is 1.09. The Hall–Kier alpha value is -1.23. The second kappa shape index (κ2) is 6.28. The fourth-order valence-corrected chi connectivity index (χ4v) is 3.38. The second-order valence-corrected chi connectivity index (χ2v) is 6.25. The Morgan fingerprint density at radius 2 is 2.37 bits per heavy atom. The summed E-state index contributed by atoms with van der Waals surface area (Å²) in [6.07, 6.45) is 3.38. The molecule has 1 aromatic heterocycles. The van der Waals surface area contributed by atoms with Crippen molar-refractivity contribution >= 4 is 23.4 Å². The van der Waals surface area contributed by atoms with Crippen LogP contribution < -0.4 is 5.32 Å². The standard InChI is InChI=1S/C14H21N3OS/c1-4-16-13-5-6-15-9-12(13)14(18)17-7-8-19-11(3)10(17)2/h5-6,9-11H,4,7-8H2,1-3H3,(H,15,16). The molecule has 1 N–H and O–H groups in total. The Morgan fingerprint density at radius 1 is 1.58 bits per heavy atom. The lowest BCUT2D eigenvalue weighted by atomic mass is 10.1. The van der Waals surface area contributed by atoms with Crippen LogP contribution in [-0.2, 0) is 0 Å². The first kappa shape index (κ1) is 14.2. The molecule has 0 bridgehead atoms. The van der Waals surface area contributed by atoms with Crippen molar-refractivity contribution in [1.29, 1.82) is 0 Å². The van der Waals surface area contributed by atoms with Crippen molar-refractivity contribution in [2.75, 3.05) is 24.2 Å². The zero-order chi connectivity index (χ0) is 13.8. The predicted octanol–water partition coefficient (Wildman–Crippen LogP) is 2.48. The van der Waals surface area contributed by atoms with Crippen LogP contribution in [0.2, 0.25) is 0 Å². The molecule has 104 valence electrons. The van der Waals surface area contributed by atoms with E-state index in [9.17, 15) is 4.79 Å². The summed E-state index contributed by atoms with van der Waals surface area (Å²) >= 11 is 1.93. The number of amides is 1. The largest absolute Gasteiger partial charge is 0.385 e. The van der Waals surface area contributed by atoms with Crippen molar-refractivity contribution in [2.24, 2.45) is 0 Å². The molecule has 2 unspecified atom stereocenters. The highest BCUT2D eigenvalue weighted by Crippen LogP contribution is 2.27. The summed E-state index contributed by atoms with van der Waals surface area (Å²) < 4.78 is 0. The molecule has 1 fully saturated rings. The molecule has 2 atom stereocenters. The number of pyridine rings is 1. The smallest absolute Gasteiger partial charge is 0.257 e. The highest BCUT2D eigenvalue weighted by atomic mass is 32.2. The van der Waals surface area contributed by atoms with Gasteiger partial charge in [0.2, 0.25) is 0 Å². The number of carbonyl (C=O) groups excluding carboxylic acids is 1. The van der Waals surface area contributed by atoms with E-state index in [0.29, 0.717) is 10.8 Å². The number of hydrogen-bond acceptors (Lipinski definition) is 4. The Labute approximate surface area is 119 Å². The van der Waals surface area contributed by atoms with Crippen LogP contribution in [0.25, 0.3) is 0 Å². The van der Waals surface area contributed by atoms with E-state index < -0.39 is 0 Å². The van der Waals surface area contributed by atoms with E-state index in [0.717, 1.165) is 24.5 Å². The maximum atomic E-state index is 12.7. The lowest BCUT2D eigenvalue weighted by Gasteiger charge is -2.37. The van der Waals surface area contributed by atoms with E-state index in [1.54, 1.807) is 12.4 Å². The van der Waals surface area contributed by atoms with Gasteiger partial charge in [-0.2, -0.15) is 11.8 Å². The Bertz CT molecular complexity index is 452. The van der Waals surface area contributed by atoms with Crippen molar-refractivity contribution in [3.63, 3.8) is 0 Å². The topological polar surface area (TPSA) is 45.2 Å². The van der Waals surface area contributed by atoms with Gasteiger partial charge in [-0.15, -0.1) is 0 Å². The van der Waals surface area contributed by atoms with E-state index in [1.165, 1.54) is 0 Å². The van der Waals surface area contributed by atoms with Gasteiger partial charge < -0.3 is 10.2 Å². The van der Waals surface area contributed by atoms with E-state index in [1.807, 2.05) is 29.7 Å². The third kappa shape index (κ3) is 3.03. The van der Waals surface area contributed by atoms with Crippen LogP contribution in [0, 0.1) is 0 Å². The monoisotopic (exact) mass is 279 g/mol. The molecule has 1 saturated heterocycles. The first-order valence-electron chi connectivity index (χ1n) is 6.75. The molecule has 2 rings (SSSR count). The zero-order valence-corrected chi connectivity index (χ0v) is 12.5. The average molecular weight is 279 g/mol. The summed E-state index contributed by atoms with van der Waals surface area (Å²) in [7, 11) is 0. The lowest BCUT2D eigenvalue weighted by molar-refractivity contribution is 0.0699. The normalized spacial score (nSPS) is 23.2. The van der Waals surface area contributed by atoms with Gasteiger partial charge in [-0.3, -0.25) is 9.78 Å². The number of thioether (sulfide) groups is 1. The van der Waals surface area contributed by atoms with Crippen molar-refractivity contribution in [3.8, 4) is 0 Å². The van der Waals surface area contributed by atoms with Gasteiger partial charge in [0.1, 0.15) is 0 Å². The van der Waals surface area contributed by atoms with Gasteiger partial charge in [-0.1, -0.05) is 6.92 Å². The molecular weight excluding hydrogens is 258 g/mol. The molecule has 0 saturated carbocycles. The minimum Gasteiger partial charge on any atom is -0.385 e. The van der Waals surface area contributed by atoms with Crippen molar-refractivity contribution < 1.29 is 4.79 Å². The summed E-state index contributed by atoms with van der Waals surface area (Å²) in [5.41, 5.74) is 1.55. The van der Waals surface area contributed by atoms with Gasteiger partial charge in [0.25, 0.3) is 5.91 Å². The third-order valence-corrected chi connectivity index (χ3v) is 4.90. The highest BCUT2D eigenvalue weighted by Gasteiger charge is 2.30. The van der Waals surface area contributed by atoms with Crippen LogP contribution in [0.4, 0.5) is 5.69 Å². The summed E-state index contributed by atoms with van der Waals surface area (Å²) in [4.78, 5) is 18.8. The Morgan fingerprint density at radius 3 is 3.11 bits per heavy atom. The lowest BCUT2D eigenvalue weighted by Crippen LogP contribution is -2.48. The van der Waals surface area contributed by atoms with Gasteiger partial charge in [0.15, 0.2) is 0 Å².